The molecule has 0 aromatic carbocycles. The van der Waals surface area contributed by atoms with Gasteiger partial charge in [0.25, 0.3) is 0 Å². The van der Waals surface area contributed by atoms with Gasteiger partial charge in [0, 0.05) is 71.0 Å². The Kier molecular flexibility index (Phi) is 19.6. The number of fused-ring (bicyclic) bond motifs is 6. The molecule has 398 valence electrons. The van der Waals surface area contributed by atoms with Crippen LogP contribution in [0.3, 0.4) is 0 Å². The summed E-state index contributed by atoms with van der Waals surface area (Å²) in [5.74, 6) is -4.99. The molecule has 9 bridgehead atoms. The van der Waals surface area contributed by atoms with Crippen molar-refractivity contribution < 1.29 is 82.5 Å². The lowest BCUT2D eigenvalue weighted by Crippen LogP contribution is -2.59. The molecule has 20 atom stereocenters. The van der Waals surface area contributed by atoms with Crippen LogP contribution in [0.1, 0.15) is 143 Å². The summed E-state index contributed by atoms with van der Waals surface area (Å²) in [6.07, 6.45) is 10.4. The Labute approximate surface area is 414 Å². The van der Waals surface area contributed by atoms with Crippen LogP contribution in [0.5, 0.6) is 0 Å². The predicted molar refractivity (Wildman–Crippen MR) is 254 cm³/mol. The van der Waals surface area contributed by atoms with Crippen LogP contribution in [-0.4, -0.2) is 162 Å². The van der Waals surface area contributed by atoms with Gasteiger partial charge in [-0.2, -0.15) is 0 Å². The smallest absolute Gasteiger partial charge is 0.335 e. The lowest BCUT2D eigenvalue weighted by Gasteiger charge is -2.53. The molecule has 70 heavy (non-hydrogen) atoms. The molecule has 6 fully saturated rings. The molecular formula is C53H84O17. The molecule has 0 saturated carbocycles. The lowest BCUT2D eigenvalue weighted by atomic mass is 9.82. The molecule has 0 aromatic heterocycles. The Balaban J connectivity index is 1.11. The highest BCUT2D eigenvalue weighted by molar-refractivity contribution is 5.74. The molecule has 7 aliphatic heterocycles. The van der Waals surface area contributed by atoms with E-state index >= 15 is 0 Å². The molecule has 0 aliphatic carbocycles. The van der Waals surface area contributed by atoms with Crippen LogP contribution in [-0.2, 0) is 57.0 Å². The molecule has 17 nitrogen and oxygen atoms in total. The fraction of sp³-hybridized carbons (Fsp3) is 0.849. The molecule has 0 amide bonds. The fourth-order valence-corrected chi connectivity index (χ4v) is 11.9. The van der Waals surface area contributed by atoms with Crippen LogP contribution in [0.25, 0.3) is 0 Å². The number of esters is 2. The third-order valence-corrected chi connectivity index (χ3v) is 16.2. The van der Waals surface area contributed by atoms with Crippen molar-refractivity contribution in [3.63, 3.8) is 0 Å². The van der Waals surface area contributed by atoms with Crippen LogP contribution < -0.4 is 0 Å². The number of carbonyl (C=O) groups is 2. The zero-order chi connectivity index (χ0) is 50.2. The largest absolute Gasteiger partial charge is 0.467 e. The van der Waals surface area contributed by atoms with Crippen LogP contribution in [0, 0.1) is 17.8 Å². The van der Waals surface area contributed by atoms with Crippen molar-refractivity contribution in [2.45, 2.75) is 246 Å². The molecule has 7 rings (SSSR count). The van der Waals surface area contributed by atoms with Gasteiger partial charge in [0.2, 0.25) is 0 Å². The quantitative estimate of drug-likeness (QED) is 0.144. The van der Waals surface area contributed by atoms with E-state index in [1.807, 2.05) is 44.2 Å². The third-order valence-electron chi connectivity index (χ3n) is 16.2. The summed E-state index contributed by atoms with van der Waals surface area (Å²) in [4.78, 5) is 25.5. The van der Waals surface area contributed by atoms with Gasteiger partial charge in [0.1, 0.15) is 24.4 Å². The second-order valence-electron chi connectivity index (χ2n) is 21.5. The van der Waals surface area contributed by atoms with Crippen molar-refractivity contribution in [1.29, 1.82) is 0 Å². The molecule has 6 saturated heterocycles. The third kappa shape index (κ3) is 13.9. The summed E-state index contributed by atoms with van der Waals surface area (Å²) >= 11 is 0. The Hall–Kier alpha value is -2.36. The number of ether oxygens (including phenoxy) is 10. The van der Waals surface area contributed by atoms with Crippen molar-refractivity contribution in [1.82, 2.24) is 0 Å². The van der Waals surface area contributed by atoms with Gasteiger partial charge in [-0.15, -0.1) is 0 Å². The number of methoxy groups -OCH3 is 3. The van der Waals surface area contributed by atoms with Gasteiger partial charge in [0.05, 0.1) is 68.5 Å². The molecule has 20 unspecified atom stereocenters. The van der Waals surface area contributed by atoms with E-state index in [2.05, 4.69) is 11.7 Å². The summed E-state index contributed by atoms with van der Waals surface area (Å²) in [6, 6.07) is 0. The Morgan fingerprint density at radius 3 is 2.33 bits per heavy atom. The predicted octanol–water partition coefficient (Wildman–Crippen LogP) is 5.39. The molecule has 7 heterocycles. The molecule has 17 heteroatoms. The van der Waals surface area contributed by atoms with E-state index in [0.717, 1.165) is 12.8 Å². The van der Waals surface area contributed by atoms with Crippen molar-refractivity contribution in [3.05, 3.63) is 36.5 Å². The maximum atomic E-state index is 13.9. The Bertz CT molecular complexity index is 1780. The first-order valence-corrected chi connectivity index (χ1v) is 26.3. The van der Waals surface area contributed by atoms with Crippen molar-refractivity contribution in [3.8, 4) is 0 Å². The average Bonchev–Trinajstić information content (AvgIpc) is 3.67. The summed E-state index contributed by atoms with van der Waals surface area (Å²) in [6.45, 7) is 6.01. The molecule has 0 radical (unpaired) electrons. The number of rotatable bonds is 9. The van der Waals surface area contributed by atoms with E-state index in [4.69, 9.17) is 42.6 Å². The molecule has 3 spiro atoms. The fourth-order valence-electron chi connectivity index (χ4n) is 11.9. The van der Waals surface area contributed by atoms with Gasteiger partial charge < -0.3 is 72.9 Å². The maximum Gasteiger partial charge on any atom is 0.335 e. The van der Waals surface area contributed by atoms with Gasteiger partial charge in [0.15, 0.2) is 23.5 Å². The van der Waals surface area contributed by atoms with E-state index in [1.54, 1.807) is 20.3 Å². The summed E-state index contributed by atoms with van der Waals surface area (Å²) in [5.41, 5.74) is 0. The minimum absolute atomic E-state index is 0.0362. The van der Waals surface area contributed by atoms with E-state index in [0.29, 0.717) is 77.0 Å². The SMILES string of the molecule is COC(=O)C(O)CC=CCC=CCC1OC23CC1OC(=O)CC1CCCC(CC(O)CC(O)CC4OC5(C=CC4C)CCC(OC)C(O5)C(O)C(O)C(C)CCC4CC(OC)CC(CCC2C)(O4)O3)O1. The summed E-state index contributed by atoms with van der Waals surface area (Å²) < 4.78 is 63.6. The van der Waals surface area contributed by atoms with Crippen LogP contribution >= 0.6 is 0 Å². The van der Waals surface area contributed by atoms with Gasteiger partial charge in [-0.05, 0) is 82.6 Å². The first-order valence-electron chi connectivity index (χ1n) is 26.3. The van der Waals surface area contributed by atoms with E-state index < -0.39 is 96.4 Å². The molecule has 5 N–H and O–H groups in total. The van der Waals surface area contributed by atoms with Crippen molar-refractivity contribution in [2.24, 2.45) is 17.8 Å². The highest BCUT2D eigenvalue weighted by Crippen LogP contribution is 2.53. The van der Waals surface area contributed by atoms with E-state index in [-0.39, 0.29) is 68.2 Å². The topological polar surface area (TPSA) is 228 Å². The second-order valence-corrected chi connectivity index (χ2v) is 21.5. The molecular weight excluding hydrogens is 909 g/mol. The standard InChI is InChI=1S/C53H84O17/c1-32-19-22-51-24-21-43(62-5)49(69-51)48(59)47(58)33(2)17-18-39-28-40(61-4)30-52(66-39)23-20-34(3)53(70-52)31-45(42(68-53)16-11-9-7-8-10-15-41(56)50(60)63-6)65-46(57)29-38-14-12-13-37(64-38)26-35(54)25-36(55)27-44(32)67-51/h8-11,19,22,32-45,47-49,54-56,58-59H,7,12-18,20-21,23-31H2,1-6H3. The first-order chi connectivity index (χ1) is 33.5. The zero-order valence-electron chi connectivity index (χ0n) is 42.3. The number of allylic oxidation sites excluding steroid dienone is 2. The van der Waals surface area contributed by atoms with Crippen LogP contribution in [0.4, 0.5) is 0 Å². The van der Waals surface area contributed by atoms with Gasteiger partial charge in [-0.1, -0.05) is 51.2 Å². The zero-order valence-corrected chi connectivity index (χ0v) is 42.3. The van der Waals surface area contributed by atoms with Crippen molar-refractivity contribution in [2.75, 3.05) is 21.3 Å². The monoisotopic (exact) mass is 993 g/mol. The number of aliphatic hydroxyl groups excluding tert-OH is 5. The Morgan fingerprint density at radius 1 is 0.786 bits per heavy atom. The molecule has 7 aliphatic rings. The summed E-state index contributed by atoms with van der Waals surface area (Å²) in [7, 11) is 4.50. The Morgan fingerprint density at radius 2 is 1.56 bits per heavy atom. The minimum Gasteiger partial charge on any atom is -0.467 e. The van der Waals surface area contributed by atoms with E-state index in [1.165, 1.54) is 7.11 Å². The number of aliphatic hydroxyl groups is 5. The van der Waals surface area contributed by atoms with E-state index in [9.17, 15) is 35.1 Å². The minimum atomic E-state index is -1.30. The summed E-state index contributed by atoms with van der Waals surface area (Å²) in [5, 5.41) is 56.2. The molecule has 0 aromatic rings. The van der Waals surface area contributed by atoms with Gasteiger partial charge >= 0.3 is 11.9 Å². The maximum absolute atomic E-state index is 13.9. The second kappa shape index (κ2) is 24.8. The normalized spacial score (nSPS) is 45.1. The van der Waals surface area contributed by atoms with Gasteiger partial charge in [-0.25, -0.2) is 4.79 Å². The first kappa shape index (κ1) is 55.4. The van der Waals surface area contributed by atoms with Crippen LogP contribution in [0.2, 0.25) is 0 Å². The number of carbonyl (C=O) groups excluding carboxylic acids is 2. The van der Waals surface area contributed by atoms with Crippen molar-refractivity contribution >= 4 is 11.9 Å². The lowest BCUT2D eigenvalue weighted by molar-refractivity contribution is -0.414. The van der Waals surface area contributed by atoms with Crippen LogP contribution in [0.15, 0.2) is 36.5 Å². The highest BCUT2D eigenvalue weighted by Gasteiger charge is 2.60. The average molecular weight is 993 g/mol. The highest BCUT2D eigenvalue weighted by atomic mass is 16.8. The van der Waals surface area contributed by atoms with Gasteiger partial charge in [-0.3, -0.25) is 4.79 Å². The number of hydrogen-bond donors (Lipinski definition) is 5. The number of hydrogen-bond acceptors (Lipinski definition) is 17.